The van der Waals surface area contributed by atoms with Gasteiger partial charge in [-0.1, -0.05) is 6.07 Å². The number of hydrogen-bond acceptors (Lipinski definition) is 7. The molecule has 1 unspecified atom stereocenters. The Balaban J connectivity index is 1.51. The molecule has 29 heavy (non-hydrogen) atoms. The molecule has 0 aromatic carbocycles. The summed E-state index contributed by atoms with van der Waals surface area (Å²) >= 11 is 0. The number of aromatic nitrogens is 2. The molecule has 0 saturated carbocycles. The van der Waals surface area contributed by atoms with Crippen molar-refractivity contribution in [3.05, 3.63) is 41.2 Å². The summed E-state index contributed by atoms with van der Waals surface area (Å²) in [7, 11) is 0. The number of urea groups is 1. The topological polar surface area (TPSA) is 117 Å². The van der Waals surface area contributed by atoms with Crippen LogP contribution in [-0.4, -0.2) is 48.1 Å². The quantitative estimate of drug-likeness (QED) is 0.775. The Morgan fingerprint density at radius 2 is 2.34 bits per heavy atom. The average molecular weight is 393 g/mol. The smallest absolute Gasteiger partial charge is 0.328 e. The number of carbonyl (C=O) groups excluding carboxylic acids is 2. The van der Waals surface area contributed by atoms with Crippen LogP contribution >= 0.6 is 0 Å². The molecule has 0 bridgehead atoms. The molecule has 0 spiro atoms. The van der Waals surface area contributed by atoms with Crippen molar-refractivity contribution >= 4 is 24.0 Å². The molecule has 2 aliphatic rings. The molecule has 148 valence electrons. The van der Waals surface area contributed by atoms with Crippen LogP contribution in [-0.2, 0) is 11.2 Å². The lowest BCUT2D eigenvalue weighted by molar-refractivity contribution is -0.0721. The lowest BCUT2D eigenvalue weighted by Crippen LogP contribution is -2.39. The molecule has 0 radical (unpaired) electrons. The van der Waals surface area contributed by atoms with Crippen LogP contribution in [0.1, 0.15) is 34.5 Å². The molecule has 9 heteroatoms. The Hall–Kier alpha value is -3.51. The fraction of sp³-hybridized carbons (Fsp3) is 0.350. The van der Waals surface area contributed by atoms with Crippen LogP contribution < -0.4 is 15.0 Å². The van der Waals surface area contributed by atoms with Crippen molar-refractivity contribution in [3.63, 3.8) is 0 Å². The summed E-state index contributed by atoms with van der Waals surface area (Å²) in [5.74, 6) is 1.08. The molecular formula is C20H19N5O4. The highest BCUT2D eigenvalue weighted by molar-refractivity contribution is 6.01. The first-order valence-corrected chi connectivity index (χ1v) is 9.36. The van der Waals surface area contributed by atoms with Gasteiger partial charge in [-0.2, -0.15) is 5.26 Å². The number of rotatable bonds is 5. The van der Waals surface area contributed by atoms with E-state index in [0.29, 0.717) is 37.6 Å². The van der Waals surface area contributed by atoms with Gasteiger partial charge in [-0.15, -0.1) is 0 Å². The standard InChI is InChI=1S/C20H19N5O4/c21-9-14-10-22-18(8-17(14)29-12-16-5-7-28-16)24-20(27)25-6-1-2-13-3-4-15(11-26)23-19(13)25/h3-4,8,10-11,16H,1-2,5-7,12H2,(H,22,24,27). The number of fused-ring (bicyclic) bond motifs is 1. The van der Waals surface area contributed by atoms with Crippen LogP contribution in [0.5, 0.6) is 5.75 Å². The molecule has 4 rings (SSSR count). The Labute approximate surface area is 167 Å². The summed E-state index contributed by atoms with van der Waals surface area (Å²) in [5, 5.41) is 12.0. The second kappa shape index (κ2) is 8.24. The van der Waals surface area contributed by atoms with Crippen molar-refractivity contribution in [2.75, 3.05) is 30.0 Å². The molecular weight excluding hydrogens is 374 g/mol. The van der Waals surface area contributed by atoms with Crippen LogP contribution in [0.2, 0.25) is 0 Å². The normalized spacial score (nSPS) is 17.5. The van der Waals surface area contributed by atoms with Gasteiger partial charge in [-0.25, -0.2) is 14.8 Å². The predicted molar refractivity (Wildman–Crippen MR) is 103 cm³/mol. The number of nitriles is 1. The van der Waals surface area contributed by atoms with Crippen LogP contribution in [0.4, 0.5) is 16.4 Å². The molecule has 9 nitrogen and oxygen atoms in total. The Morgan fingerprint density at radius 1 is 1.48 bits per heavy atom. The third kappa shape index (κ3) is 4.02. The maximum Gasteiger partial charge on any atom is 0.328 e. The van der Waals surface area contributed by atoms with Crippen molar-refractivity contribution in [1.82, 2.24) is 9.97 Å². The summed E-state index contributed by atoms with van der Waals surface area (Å²) < 4.78 is 11.0. The van der Waals surface area contributed by atoms with Gasteiger partial charge in [0, 0.05) is 25.6 Å². The van der Waals surface area contributed by atoms with Crippen molar-refractivity contribution in [2.45, 2.75) is 25.4 Å². The average Bonchev–Trinajstić information content (AvgIpc) is 2.72. The Bertz CT molecular complexity index is 983. The number of carbonyl (C=O) groups is 2. The summed E-state index contributed by atoms with van der Waals surface area (Å²) in [6, 6.07) is 6.61. The van der Waals surface area contributed by atoms with E-state index in [-0.39, 0.29) is 23.2 Å². The van der Waals surface area contributed by atoms with E-state index in [2.05, 4.69) is 15.3 Å². The number of aryl methyl sites for hydroxylation is 1. The predicted octanol–water partition coefficient (Wildman–Crippen LogP) is 2.31. The third-order valence-electron chi connectivity index (χ3n) is 4.87. The maximum absolute atomic E-state index is 12.8. The SMILES string of the molecule is N#Cc1cnc(NC(=O)N2CCCc3ccc(C=O)nc32)cc1OCC1CCO1. The molecule has 1 atom stereocenters. The largest absolute Gasteiger partial charge is 0.489 e. The Morgan fingerprint density at radius 3 is 3.07 bits per heavy atom. The zero-order valence-electron chi connectivity index (χ0n) is 15.6. The minimum Gasteiger partial charge on any atom is -0.489 e. The second-order valence-electron chi connectivity index (χ2n) is 6.79. The fourth-order valence-electron chi connectivity index (χ4n) is 3.20. The molecule has 2 aromatic rings. The number of aldehydes is 1. The van der Waals surface area contributed by atoms with E-state index >= 15 is 0 Å². The monoisotopic (exact) mass is 393 g/mol. The number of nitrogens with one attached hydrogen (secondary N) is 1. The maximum atomic E-state index is 12.8. The lowest BCUT2D eigenvalue weighted by Gasteiger charge is -2.28. The minimum absolute atomic E-state index is 0.0238. The molecule has 1 saturated heterocycles. The number of pyridine rings is 2. The van der Waals surface area contributed by atoms with Gasteiger partial charge in [-0.3, -0.25) is 15.0 Å². The van der Waals surface area contributed by atoms with Gasteiger partial charge in [0.05, 0.1) is 12.3 Å². The van der Waals surface area contributed by atoms with Gasteiger partial charge in [0.2, 0.25) is 0 Å². The Kier molecular flexibility index (Phi) is 5.35. The van der Waals surface area contributed by atoms with Crippen LogP contribution in [0, 0.1) is 11.3 Å². The molecule has 2 amide bonds. The molecule has 2 aromatic heterocycles. The van der Waals surface area contributed by atoms with Crippen molar-refractivity contribution < 1.29 is 19.1 Å². The number of ether oxygens (including phenoxy) is 2. The molecule has 1 N–H and O–H groups in total. The summed E-state index contributed by atoms with van der Waals surface area (Å²) in [6.07, 6.45) is 4.54. The molecule has 1 fully saturated rings. The first-order chi connectivity index (χ1) is 14.2. The minimum atomic E-state index is -0.410. The lowest BCUT2D eigenvalue weighted by atomic mass is 10.1. The molecule has 2 aliphatic heterocycles. The van der Waals surface area contributed by atoms with E-state index in [1.165, 1.54) is 17.2 Å². The van der Waals surface area contributed by atoms with Crippen molar-refractivity contribution in [2.24, 2.45) is 0 Å². The highest BCUT2D eigenvalue weighted by Crippen LogP contribution is 2.27. The van der Waals surface area contributed by atoms with Gasteiger partial charge in [0.25, 0.3) is 0 Å². The van der Waals surface area contributed by atoms with Crippen LogP contribution in [0.15, 0.2) is 24.4 Å². The van der Waals surface area contributed by atoms with Gasteiger partial charge < -0.3 is 9.47 Å². The number of nitrogens with zero attached hydrogens (tertiary/aromatic N) is 4. The first-order valence-electron chi connectivity index (χ1n) is 9.36. The van der Waals surface area contributed by atoms with Gasteiger partial charge in [0.1, 0.15) is 41.3 Å². The zero-order chi connectivity index (χ0) is 20.2. The summed E-state index contributed by atoms with van der Waals surface area (Å²) in [6.45, 7) is 1.53. The van der Waals surface area contributed by atoms with E-state index < -0.39 is 6.03 Å². The number of anilines is 2. The summed E-state index contributed by atoms with van der Waals surface area (Å²) in [5.41, 5.74) is 1.46. The van der Waals surface area contributed by atoms with Gasteiger partial charge in [0.15, 0.2) is 6.29 Å². The number of hydrogen-bond donors (Lipinski definition) is 1. The first kappa shape index (κ1) is 18.8. The molecule has 0 aliphatic carbocycles. The van der Waals surface area contributed by atoms with E-state index in [1.54, 1.807) is 6.07 Å². The highest BCUT2D eigenvalue weighted by Gasteiger charge is 2.25. The van der Waals surface area contributed by atoms with Crippen molar-refractivity contribution in [1.29, 1.82) is 5.26 Å². The van der Waals surface area contributed by atoms with E-state index in [1.807, 2.05) is 12.1 Å². The molecule has 4 heterocycles. The third-order valence-corrected chi connectivity index (χ3v) is 4.87. The van der Waals surface area contributed by atoms with E-state index in [0.717, 1.165) is 24.8 Å². The zero-order valence-corrected chi connectivity index (χ0v) is 15.6. The fourth-order valence-corrected chi connectivity index (χ4v) is 3.20. The van der Waals surface area contributed by atoms with Crippen molar-refractivity contribution in [3.8, 4) is 11.8 Å². The van der Waals surface area contributed by atoms with Crippen LogP contribution in [0.3, 0.4) is 0 Å². The summed E-state index contributed by atoms with van der Waals surface area (Å²) in [4.78, 5) is 33.8. The van der Waals surface area contributed by atoms with E-state index in [9.17, 15) is 14.9 Å². The van der Waals surface area contributed by atoms with Gasteiger partial charge >= 0.3 is 6.03 Å². The van der Waals surface area contributed by atoms with Crippen LogP contribution in [0.25, 0.3) is 0 Å². The van der Waals surface area contributed by atoms with Gasteiger partial charge in [-0.05, 0) is 24.5 Å². The second-order valence-corrected chi connectivity index (χ2v) is 6.79. The number of amides is 2. The highest BCUT2D eigenvalue weighted by atomic mass is 16.5. The van der Waals surface area contributed by atoms with E-state index in [4.69, 9.17) is 9.47 Å².